The SMILES string of the molecule is Cc1cc(NC2CCN(C)C(C)C2)c(Br)cc1N. The van der Waals surface area contributed by atoms with Gasteiger partial charge in [-0.05, 0) is 67.4 Å². The summed E-state index contributed by atoms with van der Waals surface area (Å²) in [4.78, 5) is 2.42. The number of likely N-dealkylation sites (tertiary alicyclic amines) is 1. The van der Waals surface area contributed by atoms with E-state index in [-0.39, 0.29) is 0 Å². The maximum Gasteiger partial charge on any atom is 0.0490 e. The number of hydrogen-bond acceptors (Lipinski definition) is 3. The minimum atomic E-state index is 0.551. The van der Waals surface area contributed by atoms with Crippen LogP contribution in [-0.4, -0.2) is 30.6 Å². The van der Waals surface area contributed by atoms with Crippen LogP contribution < -0.4 is 11.1 Å². The van der Waals surface area contributed by atoms with Gasteiger partial charge in [-0.3, -0.25) is 0 Å². The molecule has 4 heteroatoms. The second kappa shape index (κ2) is 5.49. The number of nitrogen functional groups attached to an aromatic ring is 1. The van der Waals surface area contributed by atoms with E-state index in [1.54, 1.807) is 0 Å². The number of rotatable bonds is 2. The molecule has 2 atom stereocenters. The van der Waals surface area contributed by atoms with Gasteiger partial charge in [-0.1, -0.05) is 0 Å². The van der Waals surface area contributed by atoms with Gasteiger partial charge in [0.05, 0.1) is 0 Å². The van der Waals surface area contributed by atoms with E-state index in [4.69, 9.17) is 5.73 Å². The topological polar surface area (TPSA) is 41.3 Å². The van der Waals surface area contributed by atoms with E-state index in [1.165, 1.54) is 12.8 Å². The Kier molecular flexibility index (Phi) is 4.17. The van der Waals surface area contributed by atoms with E-state index in [0.717, 1.165) is 28.0 Å². The van der Waals surface area contributed by atoms with Crippen LogP contribution in [0.4, 0.5) is 11.4 Å². The molecule has 0 aliphatic carbocycles. The standard InChI is InChI=1S/C14H22BrN3/c1-9-6-14(12(15)8-13(9)16)17-11-4-5-18(3)10(2)7-11/h6,8,10-11,17H,4-5,7,16H2,1-3H3. The van der Waals surface area contributed by atoms with E-state index in [2.05, 4.69) is 46.2 Å². The lowest BCUT2D eigenvalue weighted by Crippen LogP contribution is -2.42. The van der Waals surface area contributed by atoms with Gasteiger partial charge in [-0.15, -0.1) is 0 Å². The predicted molar refractivity (Wildman–Crippen MR) is 82.0 cm³/mol. The largest absolute Gasteiger partial charge is 0.398 e. The summed E-state index contributed by atoms with van der Waals surface area (Å²) in [5.74, 6) is 0. The Balaban J connectivity index is 2.08. The molecule has 0 bridgehead atoms. The Hall–Kier alpha value is -0.740. The van der Waals surface area contributed by atoms with Crippen molar-refractivity contribution in [1.29, 1.82) is 0 Å². The van der Waals surface area contributed by atoms with Crippen LogP contribution in [0.1, 0.15) is 25.3 Å². The Morgan fingerprint density at radius 2 is 2.17 bits per heavy atom. The fraction of sp³-hybridized carbons (Fsp3) is 0.571. The molecule has 2 rings (SSSR count). The molecule has 0 spiro atoms. The number of aryl methyl sites for hydroxylation is 1. The van der Waals surface area contributed by atoms with Crippen LogP contribution in [0.2, 0.25) is 0 Å². The van der Waals surface area contributed by atoms with Gasteiger partial charge in [0.2, 0.25) is 0 Å². The normalized spacial score (nSPS) is 25.1. The summed E-state index contributed by atoms with van der Waals surface area (Å²) < 4.78 is 1.05. The van der Waals surface area contributed by atoms with Gasteiger partial charge in [0.1, 0.15) is 0 Å². The summed E-state index contributed by atoms with van der Waals surface area (Å²) in [6.45, 7) is 5.49. The zero-order valence-electron chi connectivity index (χ0n) is 11.3. The quantitative estimate of drug-likeness (QED) is 0.824. The summed E-state index contributed by atoms with van der Waals surface area (Å²) >= 11 is 3.58. The van der Waals surface area contributed by atoms with Crippen LogP contribution in [-0.2, 0) is 0 Å². The molecule has 0 radical (unpaired) electrons. The second-order valence-corrected chi connectivity index (χ2v) is 6.24. The highest BCUT2D eigenvalue weighted by atomic mass is 79.9. The summed E-state index contributed by atoms with van der Waals surface area (Å²) in [6, 6.07) is 5.30. The molecule has 1 heterocycles. The van der Waals surface area contributed by atoms with Crippen molar-refractivity contribution < 1.29 is 0 Å². The number of halogens is 1. The van der Waals surface area contributed by atoms with Crippen molar-refractivity contribution in [2.24, 2.45) is 0 Å². The van der Waals surface area contributed by atoms with Crippen LogP contribution in [0, 0.1) is 6.92 Å². The number of anilines is 2. The maximum absolute atomic E-state index is 5.90. The zero-order chi connectivity index (χ0) is 13.3. The van der Waals surface area contributed by atoms with Crippen LogP contribution in [0.25, 0.3) is 0 Å². The lowest BCUT2D eigenvalue weighted by Gasteiger charge is -2.36. The average Bonchev–Trinajstić information content (AvgIpc) is 2.31. The van der Waals surface area contributed by atoms with Crippen molar-refractivity contribution in [2.45, 2.75) is 38.8 Å². The first kappa shape index (κ1) is 13.7. The predicted octanol–water partition coefficient (Wildman–Crippen LogP) is 3.23. The third kappa shape index (κ3) is 2.98. The van der Waals surface area contributed by atoms with Crippen LogP contribution >= 0.6 is 15.9 Å². The highest BCUT2D eigenvalue weighted by Gasteiger charge is 2.23. The van der Waals surface area contributed by atoms with E-state index >= 15 is 0 Å². The Morgan fingerprint density at radius 1 is 1.44 bits per heavy atom. The molecule has 1 saturated heterocycles. The van der Waals surface area contributed by atoms with Crippen molar-refractivity contribution in [1.82, 2.24) is 4.90 Å². The minimum absolute atomic E-state index is 0.551. The molecule has 1 aliphatic heterocycles. The molecular formula is C14H22BrN3. The number of nitrogens with one attached hydrogen (secondary N) is 1. The first-order valence-corrected chi connectivity index (χ1v) is 7.29. The van der Waals surface area contributed by atoms with E-state index in [9.17, 15) is 0 Å². The Bertz CT molecular complexity index is 433. The van der Waals surface area contributed by atoms with Gasteiger partial charge < -0.3 is 16.0 Å². The van der Waals surface area contributed by atoms with Crippen molar-refractivity contribution >= 4 is 27.3 Å². The molecule has 3 nitrogen and oxygen atoms in total. The molecule has 2 unspecified atom stereocenters. The van der Waals surface area contributed by atoms with Crippen molar-refractivity contribution in [3.8, 4) is 0 Å². The number of benzene rings is 1. The summed E-state index contributed by atoms with van der Waals surface area (Å²) in [5.41, 5.74) is 9.02. The van der Waals surface area contributed by atoms with Gasteiger partial charge in [0, 0.05) is 34.5 Å². The fourth-order valence-electron chi connectivity index (χ4n) is 2.45. The molecule has 0 saturated carbocycles. The second-order valence-electron chi connectivity index (χ2n) is 5.38. The molecule has 1 aromatic carbocycles. The number of nitrogens with zero attached hydrogens (tertiary/aromatic N) is 1. The molecule has 1 fully saturated rings. The van der Waals surface area contributed by atoms with E-state index in [1.807, 2.05) is 13.0 Å². The van der Waals surface area contributed by atoms with E-state index < -0.39 is 0 Å². The van der Waals surface area contributed by atoms with Crippen LogP contribution in [0.15, 0.2) is 16.6 Å². The van der Waals surface area contributed by atoms with Crippen LogP contribution in [0.3, 0.4) is 0 Å². The van der Waals surface area contributed by atoms with Gasteiger partial charge in [0.15, 0.2) is 0 Å². The highest BCUT2D eigenvalue weighted by Crippen LogP contribution is 2.30. The number of nitrogens with two attached hydrogens (primary N) is 1. The first-order chi connectivity index (χ1) is 8.47. The Morgan fingerprint density at radius 3 is 2.83 bits per heavy atom. The fourth-order valence-corrected chi connectivity index (χ4v) is 2.92. The average molecular weight is 312 g/mol. The van der Waals surface area contributed by atoms with Crippen molar-refractivity contribution in [2.75, 3.05) is 24.6 Å². The third-order valence-electron chi connectivity index (χ3n) is 3.92. The number of piperidine rings is 1. The van der Waals surface area contributed by atoms with Crippen molar-refractivity contribution in [3.63, 3.8) is 0 Å². The Labute approximate surface area is 118 Å². The zero-order valence-corrected chi connectivity index (χ0v) is 12.9. The van der Waals surface area contributed by atoms with Gasteiger partial charge >= 0.3 is 0 Å². The molecule has 100 valence electrons. The summed E-state index contributed by atoms with van der Waals surface area (Å²) in [7, 11) is 2.20. The molecule has 3 N–H and O–H groups in total. The molecule has 1 aromatic rings. The molecule has 0 amide bonds. The number of hydrogen-bond donors (Lipinski definition) is 2. The van der Waals surface area contributed by atoms with Crippen LogP contribution in [0.5, 0.6) is 0 Å². The maximum atomic E-state index is 5.90. The lowest BCUT2D eigenvalue weighted by molar-refractivity contribution is 0.190. The first-order valence-electron chi connectivity index (χ1n) is 6.49. The summed E-state index contributed by atoms with van der Waals surface area (Å²) in [5, 5.41) is 3.64. The third-order valence-corrected chi connectivity index (χ3v) is 4.58. The van der Waals surface area contributed by atoms with Gasteiger partial charge in [0.25, 0.3) is 0 Å². The van der Waals surface area contributed by atoms with Gasteiger partial charge in [-0.2, -0.15) is 0 Å². The minimum Gasteiger partial charge on any atom is -0.398 e. The lowest BCUT2D eigenvalue weighted by atomic mass is 9.98. The molecule has 1 aliphatic rings. The van der Waals surface area contributed by atoms with Crippen molar-refractivity contribution in [3.05, 3.63) is 22.2 Å². The summed E-state index contributed by atoms with van der Waals surface area (Å²) in [6.07, 6.45) is 2.38. The monoisotopic (exact) mass is 311 g/mol. The smallest absolute Gasteiger partial charge is 0.0490 e. The highest BCUT2D eigenvalue weighted by molar-refractivity contribution is 9.10. The van der Waals surface area contributed by atoms with E-state index in [0.29, 0.717) is 12.1 Å². The molecule has 0 aromatic heterocycles. The molecule has 18 heavy (non-hydrogen) atoms. The molecular weight excluding hydrogens is 290 g/mol. The van der Waals surface area contributed by atoms with Gasteiger partial charge in [-0.25, -0.2) is 0 Å².